The Balaban J connectivity index is 2.74. The summed E-state index contributed by atoms with van der Waals surface area (Å²) in [6.45, 7) is 2.10. The van der Waals surface area contributed by atoms with Crippen LogP contribution < -0.4 is 9.88 Å². The molecule has 1 aromatic heterocycles. The maximum Gasteiger partial charge on any atom is 0.0805 e. The molecule has 2 heterocycles. The quantitative estimate of drug-likeness (QED) is 0.544. The molecule has 0 fully saturated rings. The maximum absolute atomic E-state index is 4.22. The number of aromatic nitrogens is 1. The highest BCUT2D eigenvalue weighted by molar-refractivity contribution is 7.07. The van der Waals surface area contributed by atoms with Crippen LogP contribution in [0.1, 0.15) is 6.92 Å². The minimum absolute atomic E-state index is 0.398. The highest BCUT2D eigenvalue weighted by Crippen LogP contribution is 1.94. The smallest absolute Gasteiger partial charge is 0.0805 e. The lowest BCUT2D eigenvalue weighted by Crippen LogP contribution is -2.20. The Morgan fingerprint density at radius 1 is 1.55 bits per heavy atom. The Bertz CT molecular complexity index is 388. The van der Waals surface area contributed by atoms with Crippen molar-refractivity contribution in [2.24, 2.45) is 10.9 Å². The predicted molar refractivity (Wildman–Crippen MR) is 48.0 cm³/mol. The van der Waals surface area contributed by atoms with Crippen molar-refractivity contribution in [3.05, 3.63) is 15.4 Å². The van der Waals surface area contributed by atoms with Crippen molar-refractivity contribution in [1.29, 1.82) is 0 Å². The molecule has 0 bridgehead atoms. The van der Waals surface area contributed by atoms with Gasteiger partial charge >= 0.3 is 0 Å². The summed E-state index contributed by atoms with van der Waals surface area (Å²) in [5.41, 5.74) is 1.85. The summed E-state index contributed by atoms with van der Waals surface area (Å²) in [7, 11) is 0. The van der Waals surface area contributed by atoms with Gasteiger partial charge in [0.2, 0.25) is 0 Å². The molecule has 0 saturated carbocycles. The molecule has 11 heavy (non-hydrogen) atoms. The van der Waals surface area contributed by atoms with Crippen LogP contribution in [0.2, 0.25) is 0 Å². The number of hydrogen-bond acceptors (Lipinski definition) is 3. The molecule has 3 heteroatoms. The number of hydrogen-bond donors (Lipinski definition) is 0. The lowest BCUT2D eigenvalue weighted by atomic mass is 10.2. The molecule has 0 saturated heterocycles. The summed E-state index contributed by atoms with van der Waals surface area (Å²) in [5, 5.41) is 1.07. The van der Waals surface area contributed by atoms with E-state index in [2.05, 4.69) is 23.0 Å². The molecule has 0 amide bonds. The summed E-state index contributed by atoms with van der Waals surface area (Å²) in [6.07, 6.45) is 5.92. The summed E-state index contributed by atoms with van der Waals surface area (Å²) in [4.78, 5) is 8.37. The second-order valence-electron chi connectivity index (χ2n) is 2.55. The van der Waals surface area contributed by atoms with E-state index in [9.17, 15) is 0 Å². The average Bonchev–Trinajstić information content (AvgIpc) is 2.31. The monoisotopic (exact) mass is 164 g/mol. The zero-order chi connectivity index (χ0) is 7.68. The zero-order valence-corrected chi connectivity index (χ0v) is 7.01. The largest absolute Gasteiger partial charge is 0.267 e. The number of aliphatic imine (C=N–C) groups is 1. The van der Waals surface area contributed by atoms with Crippen LogP contribution in [0, 0.1) is 5.92 Å². The van der Waals surface area contributed by atoms with Crippen molar-refractivity contribution in [3.8, 4) is 0 Å². The van der Waals surface area contributed by atoms with E-state index in [-0.39, 0.29) is 0 Å². The van der Waals surface area contributed by atoms with Crippen molar-refractivity contribution in [1.82, 2.24) is 4.98 Å². The summed E-state index contributed by atoms with van der Waals surface area (Å²) in [5.74, 6) is 0.398. The third-order valence-electron chi connectivity index (χ3n) is 1.56. The van der Waals surface area contributed by atoms with Crippen molar-refractivity contribution in [3.63, 3.8) is 0 Å². The standard InChI is InChI=1S/C8H8N2S/c1-6-2-7-8(4-9-3-6)11-5-10-7/h2-6H,1H3. The number of fused-ring (bicyclic) bond motifs is 1. The van der Waals surface area contributed by atoms with E-state index in [1.807, 2.05) is 17.9 Å². The Hall–Kier alpha value is -0.960. The van der Waals surface area contributed by atoms with Gasteiger partial charge in [-0.15, -0.1) is 11.3 Å². The molecule has 0 aliphatic carbocycles. The average molecular weight is 164 g/mol. The molecule has 2 rings (SSSR count). The third kappa shape index (κ3) is 1.24. The minimum atomic E-state index is 0.398. The molecule has 1 aliphatic rings. The molecule has 2 nitrogen and oxygen atoms in total. The van der Waals surface area contributed by atoms with E-state index in [0.29, 0.717) is 5.92 Å². The first-order valence-corrected chi connectivity index (χ1v) is 4.39. The van der Waals surface area contributed by atoms with E-state index < -0.39 is 0 Å². The first kappa shape index (κ1) is 6.73. The van der Waals surface area contributed by atoms with Gasteiger partial charge in [-0.2, -0.15) is 0 Å². The normalized spacial score (nSPS) is 21.4. The highest BCUT2D eigenvalue weighted by atomic mass is 32.1. The fraction of sp³-hybridized carbons (Fsp3) is 0.250. The second kappa shape index (κ2) is 2.58. The SMILES string of the molecule is CC1C=NC=c2scnc2=C1. The van der Waals surface area contributed by atoms with E-state index in [1.165, 1.54) is 0 Å². The van der Waals surface area contributed by atoms with Crippen molar-refractivity contribution >= 4 is 29.8 Å². The van der Waals surface area contributed by atoms with Crippen molar-refractivity contribution in [2.75, 3.05) is 0 Å². The Labute approximate surface area is 68.6 Å². The van der Waals surface area contributed by atoms with Gasteiger partial charge in [0.1, 0.15) is 0 Å². The lowest BCUT2D eigenvalue weighted by Gasteiger charge is -1.89. The molecular weight excluding hydrogens is 156 g/mol. The minimum Gasteiger partial charge on any atom is -0.267 e. The summed E-state index contributed by atoms with van der Waals surface area (Å²) < 4.78 is 1.16. The van der Waals surface area contributed by atoms with E-state index in [1.54, 1.807) is 11.3 Å². The fourth-order valence-electron chi connectivity index (χ4n) is 1.02. The van der Waals surface area contributed by atoms with Gasteiger partial charge in [-0.05, 0) is 6.08 Å². The third-order valence-corrected chi connectivity index (χ3v) is 2.34. The van der Waals surface area contributed by atoms with E-state index in [4.69, 9.17) is 0 Å². The van der Waals surface area contributed by atoms with Gasteiger partial charge in [0, 0.05) is 18.3 Å². The zero-order valence-electron chi connectivity index (χ0n) is 6.19. The molecule has 0 radical (unpaired) electrons. The molecular formula is C8H8N2S. The maximum atomic E-state index is 4.22. The Morgan fingerprint density at radius 2 is 2.45 bits per heavy atom. The number of nitrogens with zero attached hydrogens (tertiary/aromatic N) is 2. The van der Waals surface area contributed by atoms with Crippen LogP contribution in [0.4, 0.5) is 0 Å². The molecule has 1 aromatic rings. The summed E-state index contributed by atoms with van der Waals surface area (Å²) in [6, 6.07) is 0. The Kier molecular flexibility index (Phi) is 1.58. The van der Waals surface area contributed by atoms with Crippen molar-refractivity contribution in [2.45, 2.75) is 6.92 Å². The number of rotatable bonds is 0. The molecule has 1 atom stereocenters. The van der Waals surface area contributed by atoms with Gasteiger partial charge < -0.3 is 0 Å². The number of thiazole rings is 1. The van der Waals surface area contributed by atoms with Crippen LogP contribution in [0.25, 0.3) is 12.3 Å². The van der Waals surface area contributed by atoms with Gasteiger partial charge in [-0.3, -0.25) is 4.99 Å². The predicted octanol–water partition coefficient (Wildman–Crippen LogP) is 0.382. The van der Waals surface area contributed by atoms with Crippen LogP contribution in [0.3, 0.4) is 0 Å². The van der Waals surface area contributed by atoms with Crippen LogP contribution in [0.15, 0.2) is 10.5 Å². The van der Waals surface area contributed by atoms with Gasteiger partial charge in [0.05, 0.1) is 15.4 Å². The van der Waals surface area contributed by atoms with Crippen LogP contribution in [0.5, 0.6) is 0 Å². The Morgan fingerprint density at radius 3 is 3.36 bits per heavy atom. The second-order valence-corrected chi connectivity index (χ2v) is 3.44. The van der Waals surface area contributed by atoms with Gasteiger partial charge in [-0.25, -0.2) is 4.98 Å². The lowest BCUT2D eigenvalue weighted by molar-refractivity contribution is 1.08. The molecule has 0 N–H and O–H groups in total. The fourth-order valence-corrected chi connectivity index (χ4v) is 1.67. The molecule has 1 unspecified atom stereocenters. The molecule has 1 aliphatic heterocycles. The van der Waals surface area contributed by atoms with Crippen molar-refractivity contribution < 1.29 is 0 Å². The van der Waals surface area contributed by atoms with Gasteiger partial charge in [0.25, 0.3) is 0 Å². The van der Waals surface area contributed by atoms with E-state index >= 15 is 0 Å². The first-order valence-electron chi connectivity index (χ1n) is 3.51. The van der Waals surface area contributed by atoms with E-state index in [0.717, 1.165) is 9.88 Å². The first-order chi connectivity index (χ1) is 5.36. The molecule has 0 aromatic carbocycles. The van der Waals surface area contributed by atoms with Gasteiger partial charge in [-0.1, -0.05) is 6.92 Å². The van der Waals surface area contributed by atoms with Crippen LogP contribution in [-0.2, 0) is 0 Å². The van der Waals surface area contributed by atoms with Gasteiger partial charge in [0.15, 0.2) is 0 Å². The van der Waals surface area contributed by atoms with Crippen LogP contribution in [-0.4, -0.2) is 11.2 Å². The van der Waals surface area contributed by atoms with Crippen LogP contribution >= 0.6 is 11.3 Å². The summed E-state index contributed by atoms with van der Waals surface area (Å²) >= 11 is 1.63. The highest BCUT2D eigenvalue weighted by Gasteiger charge is 1.96. The molecule has 56 valence electrons. The molecule has 0 spiro atoms. The topological polar surface area (TPSA) is 25.2 Å².